The van der Waals surface area contributed by atoms with Gasteiger partial charge in [-0.05, 0) is 6.92 Å². The van der Waals surface area contributed by atoms with Crippen molar-refractivity contribution in [2.45, 2.75) is 19.1 Å². The van der Waals surface area contributed by atoms with Gasteiger partial charge in [-0.1, -0.05) is 0 Å². The third-order valence-electron chi connectivity index (χ3n) is 2.42. The van der Waals surface area contributed by atoms with Crippen molar-refractivity contribution in [1.82, 2.24) is 15.0 Å². The molecule has 0 bridgehead atoms. The lowest BCUT2D eigenvalue weighted by molar-refractivity contribution is 0.904. The van der Waals surface area contributed by atoms with Crippen LogP contribution in [0.15, 0.2) is 21.2 Å². The van der Waals surface area contributed by atoms with Crippen LogP contribution < -0.4 is 17.0 Å². The maximum atomic E-state index is 11.3. The van der Waals surface area contributed by atoms with E-state index in [1.807, 2.05) is 12.3 Å². The summed E-state index contributed by atoms with van der Waals surface area (Å²) in [4.78, 5) is 26.5. The summed E-state index contributed by atoms with van der Waals surface area (Å²) in [6.07, 6.45) is 0.715. The zero-order valence-corrected chi connectivity index (χ0v) is 13.1. The fourth-order valence-corrected chi connectivity index (χ4v) is 3.28. The number of aliphatic imine (C=N–C) groups is 1. The first-order valence-corrected chi connectivity index (χ1v) is 8.25. The maximum absolute atomic E-state index is 11.3. The number of H-pyrrole nitrogens is 1. The molecule has 2 rings (SSSR count). The first-order valence-electron chi connectivity index (χ1n) is 6.21. The minimum absolute atomic E-state index is 0.0121. The topological polar surface area (TPSA) is 123 Å². The van der Waals surface area contributed by atoms with Gasteiger partial charge in [0.25, 0.3) is 5.56 Å². The molecule has 21 heavy (non-hydrogen) atoms. The first-order chi connectivity index (χ1) is 10.0. The highest BCUT2D eigenvalue weighted by Crippen LogP contribution is 2.21. The predicted molar refractivity (Wildman–Crippen MR) is 87.0 cm³/mol. The molecule has 0 saturated carbocycles. The molecule has 5 N–H and O–H groups in total. The van der Waals surface area contributed by atoms with E-state index in [4.69, 9.17) is 11.5 Å². The van der Waals surface area contributed by atoms with Gasteiger partial charge in [-0.2, -0.15) is 16.8 Å². The Labute approximate surface area is 129 Å². The summed E-state index contributed by atoms with van der Waals surface area (Å²) in [7, 11) is 0. The Balaban J connectivity index is 1.80. The lowest BCUT2D eigenvalue weighted by Gasteiger charge is -2.01. The van der Waals surface area contributed by atoms with E-state index < -0.39 is 0 Å². The summed E-state index contributed by atoms with van der Waals surface area (Å²) in [6, 6.07) is 1.48. The number of hydrogen-bond donors (Lipinski definition) is 3. The van der Waals surface area contributed by atoms with E-state index in [0.29, 0.717) is 17.4 Å². The van der Waals surface area contributed by atoms with Crippen LogP contribution in [0.2, 0.25) is 0 Å². The lowest BCUT2D eigenvalue weighted by Crippen LogP contribution is -2.21. The number of thioether (sulfide) groups is 1. The van der Waals surface area contributed by atoms with Crippen molar-refractivity contribution >= 4 is 34.2 Å². The summed E-state index contributed by atoms with van der Waals surface area (Å²) in [6.45, 7) is 1.81. The van der Waals surface area contributed by atoms with Gasteiger partial charge in [0.05, 0.1) is 5.69 Å². The molecular formula is C12H16N6OS2. The molecule has 2 aromatic heterocycles. The SMILES string of the molecule is Cc1cc(=O)[nH]c(CCSCc2csc(N=C(N)N)n2)n1. The first kappa shape index (κ1) is 15.5. The van der Waals surface area contributed by atoms with Crippen LogP contribution in [0, 0.1) is 6.92 Å². The van der Waals surface area contributed by atoms with Gasteiger partial charge in [0.15, 0.2) is 5.96 Å². The van der Waals surface area contributed by atoms with Crippen LogP contribution in [-0.4, -0.2) is 26.7 Å². The van der Waals surface area contributed by atoms with Crippen molar-refractivity contribution in [1.29, 1.82) is 0 Å². The van der Waals surface area contributed by atoms with Crippen molar-refractivity contribution in [3.63, 3.8) is 0 Å². The van der Waals surface area contributed by atoms with Crippen molar-refractivity contribution in [3.8, 4) is 0 Å². The Bertz CT molecular complexity index is 689. The predicted octanol–water partition coefficient (Wildman–Crippen LogP) is 0.916. The molecule has 0 fully saturated rings. The van der Waals surface area contributed by atoms with Crippen LogP contribution in [0.25, 0.3) is 0 Å². The number of nitrogens with one attached hydrogen (secondary N) is 1. The van der Waals surface area contributed by atoms with E-state index in [-0.39, 0.29) is 11.5 Å². The van der Waals surface area contributed by atoms with E-state index >= 15 is 0 Å². The smallest absolute Gasteiger partial charge is 0.251 e. The molecule has 0 aliphatic carbocycles. The molecule has 2 aromatic rings. The lowest BCUT2D eigenvalue weighted by atomic mass is 10.4. The van der Waals surface area contributed by atoms with Gasteiger partial charge in [0.2, 0.25) is 5.13 Å². The summed E-state index contributed by atoms with van der Waals surface area (Å²) in [5.74, 6) is 2.35. The zero-order valence-electron chi connectivity index (χ0n) is 11.5. The molecule has 0 amide bonds. The third kappa shape index (κ3) is 5.20. The van der Waals surface area contributed by atoms with E-state index in [2.05, 4.69) is 19.9 Å². The monoisotopic (exact) mass is 324 g/mol. The number of nitrogens with two attached hydrogens (primary N) is 2. The Morgan fingerprint density at radius 1 is 1.48 bits per heavy atom. The quantitative estimate of drug-likeness (QED) is 0.412. The summed E-state index contributed by atoms with van der Waals surface area (Å²) >= 11 is 3.12. The fraction of sp³-hybridized carbons (Fsp3) is 0.333. The molecule has 0 spiro atoms. The van der Waals surface area contributed by atoms with Crippen LogP contribution in [0.5, 0.6) is 0 Å². The number of aryl methyl sites for hydroxylation is 2. The second-order valence-corrected chi connectivity index (χ2v) is 6.24. The van der Waals surface area contributed by atoms with Crippen molar-refractivity contribution in [2.75, 3.05) is 5.75 Å². The van der Waals surface area contributed by atoms with Gasteiger partial charge >= 0.3 is 0 Å². The molecule has 0 aromatic carbocycles. The second-order valence-electron chi connectivity index (χ2n) is 4.29. The van der Waals surface area contributed by atoms with Crippen molar-refractivity contribution < 1.29 is 0 Å². The van der Waals surface area contributed by atoms with Gasteiger partial charge in [0.1, 0.15) is 5.82 Å². The number of aromatic nitrogens is 3. The van der Waals surface area contributed by atoms with Crippen LogP contribution in [-0.2, 0) is 12.2 Å². The standard InChI is InChI=1S/C12H16N6OS2/c1-7-4-10(19)17-9(15-7)2-3-20-5-8-6-21-12(16-8)18-11(13)14/h4,6H,2-3,5H2,1H3,(H,15,17,19)(H4,13,14,16,18). The molecule has 7 nitrogen and oxygen atoms in total. The molecule has 0 aliphatic rings. The summed E-state index contributed by atoms with van der Waals surface area (Å²) < 4.78 is 0. The highest BCUT2D eigenvalue weighted by atomic mass is 32.2. The number of guanidine groups is 1. The molecular weight excluding hydrogens is 308 g/mol. The highest BCUT2D eigenvalue weighted by Gasteiger charge is 2.03. The molecule has 0 aliphatic heterocycles. The van der Waals surface area contributed by atoms with Crippen LogP contribution >= 0.6 is 23.1 Å². The average Bonchev–Trinajstić information content (AvgIpc) is 2.80. The molecule has 0 radical (unpaired) electrons. The largest absolute Gasteiger partial charge is 0.370 e. The molecule has 112 valence electrons. The molecule has 2 heterocycles. The van der Waals surface area contributed by atoms with Crippen molar-refractivity contribution in [2.24, 2.45) is 16.5 Å². The van der Waals surface area contributed by atoms with Crippen LogP contribution in [0.1, 0.15) is 17.2 Å². The molecule has 0 atom stereocenters. The fourth-order valence-electron chi connectivity index (χ4n) is 1.63. The Morgan fingerprint density at radius 3 is 3.00 bits per heavy atom. The number of aromatic amines is 1. The number of hydrogen-bond acceptors (Lipinski definition) is 6. The third-order valence-corrected chi connectivity index (χ3v) is 4.19. The summed E-state index contributed by atoms with van der Waals surface area (Å²) in [5.41, 5.74) is 12.2. The normalized spacial score (nSPS) is 10.5. The highest BCUT2D eigenvalue weighted by molar-refractivity contribution is 7.98. The van der Waals surface area contributed by atoms with Gasteiger partial charge in [-0.15, -0.1) is 11.3 Å². The Kier molecular flexibility index (Phi) is 5.34. The Hall–Kier alpha value is -1.87. The van der Waals surface area contributed by atoms with Crippen LogP contribution in [0.3, 0.4) is 0 Å². The maximum Gasteiger partial charge on any atom is 0.251 e. The summed E-state index contributed by atoms with van der Waals surface area (Å²) in [5, 5.41) is 2.50. The number of nitrogens with zero attached hydrogens (tertiary/aromatic N) is 3. The molecule has 9 heteroatoms. The minimum atomic E-state index is -0.108. The van der Waals surface area contributed by atoms with Gasteiger partial charge < -0.3 is 16.5 Å². The second kappa shape index (κ2) is 7.23. The molecule has 0 saturated heterocycles. The van der Waals surface area contributed by atoms with Gasteiger partial charge in [0, 0.05) is 35.1 Å². The van der Waals surface area contributed by atoms with Crippen LogP contribution in [0.4, 0.5) is 5.13 Å². The number of rotatable bonds is 6. The van der Waals surface area contributed by atoms with E-state index in [1.165, 1.54) is 17.4 Å². The Morgan fingerprint density at radius 2 is 2.29 bits per heavy atom. The zero-order chi connectivity index (χ0) is 15.2. The van der Waals surface area contributed by atoms with E-state index in [9.17, 15) is 4.79 Å². The van der Waals surface area contributed by atoms with Gasteiger partial charge in [-0.3, -0.25) is 4.79 Å². The number of thiazole rings is 1. The molecule has 0 unspecified atom stereocenters. The minimum Gasteiger partial charge on any atom is -0.370 e. The average molecular weight is 324 g/mol. The van der Waals surface area contributed by atoms with Gasteiger partial charge in [-0.25, -0.2) is 9.97 Å². The van der Waals surface area contributed by atoms with E-state index in [1.54, 1.807) is 11.8 Å². The van der Waals surface area contributed by atoms with Crippen molar-refractivity contribution in [3.05, 3.63) is 39.0 Å². The van der Waals surface area contributed by atoms with E-state index in [0.717, 1.165) is 22.9 Å².